The Labute approximate surface area is 132 Å². The molecule has 0 bridgehead atoms. The summed E-state index contributed by atoms with van der Waals surface area (Å²) >= 11 is 1.09. The van der Waals surface area contributed by atoms with Gasteiger partial charge in [-0.1, -0.05) is 18.2 Å². The van der Waals surface area contributed by atoms with Crippen molar-refractivity contribution in [3.63, 3.8) is 0 Å². The quantitative estimate of drug-likeness (QED) is 0.849. The van der Waals surface area contributed by atoms with Crippen molar-refractivity contribution in [3.05, 3.63) is 51.7 Å². The molecular weight excluding hydrogens is 322 g/mol. The number of nitrogens with one attached hydrogen (secondary N) is 1. The van der Waals surface area contributed by atoms with Crippen LogP contribution in [0.5, 0.6) is 0 Å². The number of hydrogen-bond donors (Lipinski definition) is 2. The zero-order valence-corrected chi connectivity index (χ0v) is 13.3. The minimum atomic E-state index is -3.60. The van der Waals surface area contributed by atoms with Gasteiger partial charge in [-0.05, 0) is 47.4 Å². The molecule has 1 saturated carbocycles. The van der Waals surface area contributed by atoms with Crippen LogP contribution in [0.4, 0.5) is 0 Å². The van der Waals surface area contributed by atoms with E-state index in [1.165, 1.54) is 6.07 Å². The summed E-state index contributed by atoms with van der Waals surface area (Å²) in [5, 5.41) is 10.5. The zero-order chi connectivity index (χ0) is 15.7. The lowest BCUT2D eigenvalue weighted by molar-refractivity contribution is 0.0702. The van der Waals surface area contributed by atoms with Gasteiger partial charge in [0.05, 0.1) is 4.90 Å². The molecule has 0 spiro atoms. The largest absolute Gasteiger partial charge is 0.477 e. The van der Waals surface area contributed by atoms with Crippen molar-refractivity contribution in [2.45, 2.75) is 30.2 Å². The van der Waals surface area contributed by atoms with Gasteiger partial charge in [-0.2, -0.15) is 0 Å². The average molecular weight is 337 g/mol. The van der Waals surface area contributed by atoms with Gasteiger partial charge in [0.15, 0.2) is 0 Å². The van der Waals surface area contributed by atoms with Crippen LogP contribution in [0.1, 0.15) is 39.6 Å². The Morgan fingerprint density at radius 2 is 2.05 bits per heavy atom. The van der Waals surface area contributed by atoms with Gasteiger partial charge in [-0.25, -0.2) is 17.9 Å². The molecule has 3 rings (SSSR count). The van der Waals surface area contributed by atoms with Crippen molar-refractivity contribution in [3.8, 4) is 0 Å². The molecule has 22 heavy (non-hydrogen) atoms. The molecule has 116 valence electrons. The molecule has 0 unspecified atom stereocenters. The molecule has 0 aliphatic heterocycles. The lowest BCUT2D eigenvalue weighted by atomic mass is 10.1. The van der Waals surface area contributed by atoms with Crippen LogP contribution in [0.25, 0.3) is 0 Å². The molecule has 2 N–H and O–H groups in total. The molecule has 0 amide bonds. The summed E-state index contributed by atoms with van der Waals surface area (Å²) in [6.45, 7) is 0.0884. The summed E-state index contributed by atoms with van der Waals surface area (Å²) in [6, 6.07) is 8.53. The van der Waals surface area contributed by atoms with Gasteiger partial charge in [0.2, 0.25) is 10.0 Å². The van der Waals surface area contributed by atoms with Crippen molar-refractivity contribution in [2.75, 3.05) is 0 Å². The highest BCUT2D eigenvalue weighted by molar-refractivity contribution is 7.89. The SMILES string of the molecule is O=C(O)c1cc(CNS(=O)(=O)c2ccccc2C2CC2)cs1. The van der Waals surface area contributed by atoms with Crippen LogP contribution in [0, 0.1) is 0 Å². The van der Waals surface area contributed by atoms with Crippen LogP contribution < -0.4 is 4.72 Å². The molecule has 1 aromatic heterocycles. The maximum atomic E-state index is 12.5. The summed E-state index contributed by atoms with van der Waals surface area (Å²) in [7, 11) is -3.60. The van der Waals surface area contributed by atoms with Crippen LogP contribution in [-0.2, 0) is 16.6 Å². The van der Waals surface area contributed by atoms with Crippen molar-refractivity contribution >= 4 is 27.3 Å². The molecule has 1 fully saturated rings. The number of sulfonamides is 1. The van der Waals surface area contributed by atoms with Crippen LogP contribution in [0.2, 0.25) is 0 Å². The van der Waals surface area contributed by atoms with E-state index in [4.69, 9.17) is 5.11 Å². The van der Waals surface area contributed by atoms with Crippen LogP contribution in [0.15, 0.2) is 40.6 Å². The Morgan fingerprint density at radius 1 is 1.32 bits per heavy atom. The van der Waals surface area contributed by atoms with Crippen molar-refractivity contribution in [1.82, 2.24) is 4.72 Å². The predicted octanol–water partition coefficient (Wildman–Crippen LogP) is 2.80. The van der Waals surface area contributed by atoms with E-state index in [2.05, 4.69) is 4.72 Å². The van der Waals surface area contributed by atoms with Crippen molar-refractivity contribution in [2.24, 2.45) is 0 Å². The topological polar surface area (TPSA) is 83.5 Å². The molecule has 5 nitrogen and oxygen atoms in total. The summed E-state index contributed by atoms with van der Waals surface area (Å²) < 4.78 is 27.5. The summed E-state index contributed by atoms with van der Waals surface area (Å²) in [4.78, 5) is 11.4. The smallest absolute Gasteiger partial charge is 0.345 e. The van der Waals surface area contributed by atoms with Gasteiger partial charge < -0.3 is 5.11 Å². The van der Waals surface area contributed by atoms with Crippen LogP contribution in [0.3, 0.4) is 0 Å². The van der Waals surface area contributed by atoms with E-state index in [0.29, 0.717) is 16.4 Å². The van der Waals surface area contributed by atoms with Crippen molar-refractivity contribution < 1.29 is 18.3 Å². The Hall–Kier alpha value is -1.70. The van der Waals surface area contributed by atoms with Crippen LogP contribution in [-0.4, -0.2) is 19.5 Å². The first kappa shape index (κ1) is 15.2. The highest BCUT2D eigenvalue weighted by atomic mass is 32.2. The number of rotatable bonds is 6. The molecule has 0 saturated heterocycles. The molecule has 1 heterocycles. The molecular formula is C15H15NO4S2. The molecule has 1 aliphatic carbocycles. The first-order chi connectivity index (χ1) is 10.5. The van der Waals surface area contributed by atoms with E-state index in [1.807, 2.05) is 12.1 Å². The number of hydrogen-bond acceptors (Lipinski definition) is 4. The predicted molar refractivity (Wildman–Crippen MR) is 83.7 cm³/mol. The molecule has 7 heteroatoms. The number of carbonyl (C=O) groups is 1. The van der Waals surface area contributed by atoms with E-state index >= 15 is 0 Å². The first-order valence-corrected chi connectivity index (χ1v) is 9.23. The molecule has 0 atom stereocenters. The van der Waals surface area contributed by atoms with Crippen LogP contribution >= 0.6 is 11.3 Å². The number of carboxylic acids is 1. The summed E-state index contributed by atoms with van der Waals surface area (Å²) in [6.07, 6.45) is 2.05. The van der Waals surface area contributed by atoms with Gasteiger partial charge in [0.25, 0.3) is 0 Å². The summed E-state index contributed by atoms with van der Waals surface area (Å²) in [5.74, 6) is -0.661. The fraction of sp³-hybridized carbons (Fsp3) is 0.267. The Morgan fingerprint density at radius 3 is 2.68 bits per heavy atom. The van der Waals surface area contributed by atoms with E-state index in [9.17, 15) is 13.2 Å². The normalized spacial score (nSPS) is 14.9. The minimum Gasteiger partial charge on any atom is -0.477 e. The van der Waals surface area contributed by atoms with Gasteiger partial charge in [-0.15, -0.1) is 11.3 Å². The number of carboxylic acid groups (broad SMARTS) is 1. The number of aromatic carboxylic acids is 1. The average Bonchev–Trinajstić information content (AvgIpc) is 3.23. The van der Waals surface area contributed by atoms with Gasteiger partial charge in [0, 0.05) is 6.54 Å². The second-order valence-corrected chi connectivity index (χ2v) is 7.91. The van der Waals surface area contributed by atoms with E-state index in [0.717, 1.165) is 29.7 Å². The fourth-order valence-corrected chi connectivity index (χ4v) is 4.36. The van der Waals surface area contributed by atoms with Crippen molar-refractivity contribution in [1.29, 1.82) is 0 Å². The third-order valence-corrected chi connectivity index (χ3v) is 6.00. The molecule has 1 aromatic carbocycles. The third kappa shape index (κ3) is 3.21. The number of thiophene rings is 1. The molecule has 0 radical (unpaired) electrons. The highest BCUT2D eigenvalue weighted by Crippen LogP contribution is 2.42. The maximum absolute atomic E-state index is 12.5. The van der Waals surface area contributed by atoms with Gasteiger partial charge in [0.1, 0.15) is 4.88 Å². The Balaban J connectivity index is 1.77. The standard InChI is InChI=1S/C15H15NO4S2/c17-15(18)13-7-10(9-21-13)8-16-22(19,20)14-4-2-1-3-12(14)11-5-6-11/h1-4,7,9,11,16H,5-6,8H2,(H,17,18). The zero-order valence-electron chi connectivity index (χ0n) is 11.7. The lowest BCUT2D eigenvalue weighted by Crippen LogP contribution is -2.24. The maximum Gasteiger partial charge on any atom is 0.345 e. The van der Waals surface area contributed by atoms with Gasteiger partial charge in [-0.3, -0.25) is 0 Å². The first-order valence-electron chi connectivity index (χ1n) is 6.86. The summed E-state index contributed by atoms with van der Waals surface area (Å²) in [5.41, 5.74) is 1.52. The number of benzene rings is 1. The minimum absolute atomic E-state index is 0.0884. The Kier molecular flexibility index (Phi) is 4.03. The Bertz CT molecular complexity index is 806. The van der Waals surface area contributed by atoms with E-state index < -0.39 is 16.0 Å². The molecule has 1 aliphatic rings. The monoisotopic (exact) mass is 337 g/mol. The fourth-order valence-electron chi connectivity index (χ4n) is 2.29. The molecule has 2 aromatic rings. The lowest BCUT2D eigenvalue weighted by Gasteiger charge is -2.10. The van der Waals surface area contributed by atoms with E-state index in [-0.39, 0.29) is 11.4 Å². The third-order valence-electron chi connectivity index (χ3n) is 3.56. The van der Waals surface area contributed by atoms with E-state index in [1.54, 1.807) is 17.5 Å². The second-order valence-electron chi connectivity index (χ2n) is 5.26. The highest BCUT2D eigenvalue weighted by Gasteiger charge is 2.29. The van der Waals surface area contributed by atoms with Gasteiger partial charge >= 0.3 is 5.97 Å². The second kappa shape index (κ2) is 5.83.